The zero-order valence-electron chi connectivity index (χ0n) is 8.03. The molecule has 0 aliphatic carbocycles. The fourth-order valence-electron chi connectivity index (χ4n) is 1.43. The van der Waals surface area contributed by atoms with Gasteiger partial charge in [0.1, 0.15) is 0 Å². The minimum Gasteiger partial charge on any atom is -0.399 e. The Bertz CT molecular complexity index is 421. The molecule has 2 aromatic rings. The summed E-state index contributed by atoms with van der Waals surface area (Å²) >= 11 is 1.61. The van der Waals surface area contributed by atoms with E-state index in [-0.39, 0.29) is 0 Å². The van der Waals surface area contributed by atoms with Crippen molar-refractivity contribution in [1.82, 2.24) is 4.98 Å². The third-order valence-corrected chi connectivity index (χ3v) is 2.84. The van der Waals surface area contributed by atoms with Crippen molar-refractivity contribution in [3.63, 3.8) is 0 Å². The maximum absolute atomic E-state index is 5.84. The fourth-order valence-corrected chi connectivity index (χ4v) is 1.99. The van der Waals surface area contributed by atoms with Gasteiger partial charge in [0, 0.05) is 16.6 Å². The van der Waals surface area contributed by atoms with Crippen LogP contribution in [0.25, 0.3) is 11.3 Å². The van der Waals surface area contributed by atoms with Crippen molar-refractivity contribution in [2.75, 3.05) is 5.73 Å². The van der Waals surface area contributed by atoms with Crippen LogP contribution in [0.15, 0.2) is 29.1 Å². The molecule has 2 N–H and O–H groups in total. The van der Waals surface area contributed by atoms with Crippen molar-refractivity contribution in [2.24, 2.45) is 0 Å². The molecule has 1 aromatic carbocycles. The Hall–Kier alpha value is -1.35. The smallest absolute Gasteiger partial charge is 0.0811 e. The maximum Gasteiger partial charge on any atom is 0.0811 e. The molecule has 0 saturated heterocycles. The molecular formula is C11H12N2S. The van der Waals surface area contributed by atoms with Gasteiger partial charge in [0.2, 0.25) is 0 Å². The van der Waals surface area contributed by atoms with Crippen LogP contribution in [0.4, 0.5) is 5.69 Å². The highest BCUT2D eigenvalue weighted by atomic mass is 32.1. The Morgan fingerprint density at radius 1 is 1.43 bits per heavy atom. The lowest BCUT2D eigenvalue weighted by molar-refractivity contribution is 1.14. The van der Waals surface area contributed by atoms with Crippen molar-refractivity contribution in [2.45, 2.75) is 13.3 Å². The molecule has 0 aliphatic heterocycles. The van der Waals surface area contributed by atoms with Crippen LogP contribution in [0.1, 0.15) is 12.5 Å². The molecule has 1 heterocycles. The molecule has 0 saturated carbocycles. The van der Waals surface area contributed by atoms with Gasteiger partial charge in [0.05, 0.1) is 11.2 Å². The number of thiazole rings is 1. The highest BCUT2D eigenvalue weighted by Gasteiger charge is 2.02. The van der Waals surface area contributed by atoms with Gasteiger partial charge in [0.25, 0.3) is 0 Å². The molecule has 1 aromatic heterocycles. The average Bonchev–Trinajstić information content (AvgIpc) is 2.71. The number of rotatable bonds is 2. The van der Waals surface area contributed by atoms with Gasteiger partial charge >= 0.3 is 0 Å². The van der Waals surface area contributed by atoms with Crippen molar-refractivity contribution in [1.29, 1.82) is 0 Å². The minimum atomic E-state index is 0.867. The van der Waals surface area contributed by atoms with Gasteiger partial charge in [-0.05, 0) is 24.1 Å². The summed E-state index contributed by atoms with van der Waals surface area (Å²) in [6.45, 7) is 2.11. The largest absolute Gasteiger partial charge is 0.399 e. The van der Waals surface area contributed by atoms with E-state index >= 15 is 0 Å². The predicted molar refractivity (Wildman–Crippen MR) is 61.3 cm³/mol. The van der Waals surface area contributed by atoms with Gasteiger partial charge < -0.3 is 5.73 Å². The van der Waals surface area contributed by atoms with Crippen molar-refractivity contribution in [3.8, 4) is 11.3 Å². The van der Waals surface area contributed by atoms with Crippen LogP contribution >= 0.6 is 11.3 Å². The van der Waals surface area contributed by atoms with E-state index in [4.69, 9.17) is 5.73 Å². The molecule has 0 radical (unpaired) electrons. The molecule has 2 rings (SSSR count). The topological polar surface area (TPSA) is 38.9 Å². The van der Waals surface area contributed by atoms with Crippen LogP contribution in [-0.2, 0) is 6.42 Å². The monoisotopic (exact) mass is 204 g/mol. The molecular weight excluding hydrogens is 192 g/mol. The molecule has 2 nitrogen and oxygen atoms in total. The fraction of sp³-hybridized carbons (Fsp3) is 0.182. The summed E-state index contributed by atoms with van der Waals surface area (Å²) in [5.74, 6) is 0. The Kier molecular flexibility index (Phi) is 2.50. The lowest BCUT2D eigenvalue weighted by Gasteiger charge is -2.04. The lowest BCUT2D eigenvalue weighted by atomic mass is 10.1. The number of nitrogens with zero attached hydrogens (tertiary/aromatic N) is 1. The van der Waals surface area contributed by atoms with Gasteiger partial charge in [0.15, 0.2) is 0 Å². The van der Waals surface area contributed by atoms with E-state index in [1.54, 1.807) is 11.3 Å². The SMILES string of the molecule is CCc1cc(-c2cscn2)ccc1N. The number of aromatic nitrogens is 1. The van der Waals surface area contributed by atoms with Crippen LogP contribution in [-0.4, -0.2) is 4.98 Å². The van der Waals surface area contributed by atoms with E-state index in [0.29, 0.717) is 0 Å². The molecule has 0 amide bonds. The Morgan fingerprint density at radius 2 is 2.29 bits per heavy atom. The standard InChI is InChI=1S/C11H12N2S/c1-2-8-5-9(3-4-10(8)12)11-6-14-7-13-11/h3-7H,2,12H2,1H3. The molecule has 0 bridgehead atoms. The number of benzene rings is 1. The quantitative estimate of drug-likeness (QED) is 0.764. The van der Waals surface area contributed by atoms with Crippen LogP contribution in [0.5, 0.6) is 0 Å². The van der Waals surface area contributed by atoms with Gasteiger partial charge in [-0.3, -0.25) is 0 Å². The molecule has 0 aliphatic rings. The highest BCUT2D eigenvalue weighted by Crippen LogP contribution is 2.23. The molecule has 0 unspecified atom stereocenters. The third-order valence-electron chi connectivity index (χ3n) is 2.25. The van der Waals surface area contributed by atoms with Crippen molar-refractivity contribution in [3.05, 3.63) is 34.7 Å². The van der Waals surface area contributed by atoms with Gasteiger partial charge in [-0.25, -0.2) is 4.98 Å². The molecule has 3 heteroatoms. The number of nitrogens with two attached hydrogens (primary N) is 1. The maximum atomic E-state index is 5.84. The zero-order valence-corrected chi connectivity index (χ0v) is 8.84. The van der Waals surface area contributed by atoms with Crippen molar-refractivity contribution < 1.29 is 0 Å². The summed E-state index contributed by atoms with van der Waals surface area (Å²) < 4.78 is 0. The van der Waals surface area contributed by atoms with E-state index in [2.05, 4.69) is 18.0 Å². The number of aryl methyl sites for hydroxylation is 1. The minimum absolute atomic E-state index is 0.867. The van der Waals surface area contributed by atoms with E-state index in [1.807, 2.05) is 23.0 Å². The van der Waals surface area contributed by atoms with Gasteiger partial charge in [-0.2, -0.15) is 0 Å². The van der Waals surface area contributed by atoms with Crippen LogP contribution in [0.2, 0.25) is 0 Å². The molecule has 0 fully saturated rings. The van der Waals surface area contributed by atoms with Crippen molar-refractivity contribution >= 4 is 17.0 Å². The number of nitrogen functional groups attached to an aromatic ring is 1. The molecule has 0 spiro atoms. The summed E-state index contributed by atoms with van der Waals surface area (Å²) in [7, 11) is 0. The molecule has 72 valence electrons. The molecule has 0 atom stereocenters. The Labute approximate surface area is 87.4 Å². The van der Waals surface area contributed by atoms with Crippen LogP contribution < -0.4 is 5.73 Å². The van der Waals surface area contributed by atoms with Gasteiger partial charge in [-0.15, -0.1) is 11.3 Å². The Morgan fingerprint density at radius 3 is 2.93 bits per heavy atom. The second-order valence-corrected chi connectivity index (χ2v) is 3.86. The number of hydrogen-bond acceptors (Lipinski definition) is 3. The second-order valence-electron chi connectivity index (χ2n) is 3.14. The van der Waals surface area contributed by atoms with E-state index in [9.17, 15) is 0 Å². The first-order valence-electron chi connectivity index (χ1n) is 4.58. The third kappa shape index (κ3) is 1.63. The van der Waals surface area contributed by atoms with E-state index in [1.165, 1.54) is 5.56 Å². The van der Waals surface area contributed by atoms with Crippen LogP contribution in [0.3, 0.4) is 0 Å². The Balaban J connectivity index is 2.46. The number of hydrogen-bond donors (Lipinski definition) is 1. The zero-order chi connectivity index (χ0) is 9.97. The highest BCUT2D eigenvalue weighted by molar-refractivity contribution is 7.07. The summed E-state index contributed by atoms with van der Waals surface area (Å²) in [6, 6.07) is 6.08. The number of anilines is 1. The van der Waals surface area contributed by atoms with Crippen LogP contribution in [0, 0.1) is 0 Å². The predicted octanol–water partition coefficient (Wildman–Crippen LogP) is 2.95. The lowest BCUT2D eigenvalue weighted by Crippen LogP contribution is -1.92. The van der Waals surface area contributed by atoms with E-state index < -0.39 is 0 Å². The van der Waals surface area contributed by atoms with E-state index in [0.717, 1.165) is 23.4 Å². The summed E-state index contributed by atoms with van der Waals surface area (Å²) in [4.78, 5) is 4.27. The summed E-state index contributed by atoms with van der Waals surface area (Å²) in [5, 5.41) is 2.05. The first-order chi connectivity index (χ1) is 6.81. The second kappa shape index (κ2) is 3.80. The normalized spacial score (nSPS) is 10.4. The summed E-state index contributed by atoms with van der Waals surface area (Å²) in [6.07, 6.45) is 0.962. The first-order valence-corrected chi connectivity index (χ1v) is 5.52. The molecule has 14 heavy (non-hydrogen) atoms. The summed E-state index contributed by atoms with van der Waals surface area (Å²) in [5.41, 5.74) is 11.9. The van der Waals surface area contributed by atoms with Gasteiger partial charge in [-0.1, -0.05) is 13.0 Å². The first kappa shape index (κ1) is 9.21. The average molecular weight is 204 g/mol.